The maximum absolute atomic E-state index is 11.1. The molecule has 0 aromatic rings. The first-order valence-corrected chi connectivity index (χ1v) is 6.94. The molecule has 0 aliphatic heterocycles. The van der Waals surface area contributed by atoms with Crippen molar-refractivity contribution >= 4 is 5.97 Å². The van der Waals surface area contributed by atoms with E-state index in [1.807, 2.05) is 0 Å². The van der Waals surface area contributed by atoms with Crippen LogP contribution in [0.25, 0.3) is 0 Å². The molecule has 0 aromatic carbocycles. The lowest BCUT2D eigenvalue weighted by Crippen LogP contribution is -2.35. The summed E-state index contributed by atoms with van der Waals surface area (Å²) in [6, 6.07) is 0. The molecule has 0 radical (unpaired) electrons. The number of carbonyl (C=O) groups is 1. The van der Waals surface area contributed by atoms with Crippen molar-refractivity contribution in [1.29, 1.82) is 0 Å². The van der Waals surface area contributed by atoms with Crippen molar-refractivity contribution in [2.24, 2.45) is 11.8 Å². The van der Waals surface area contributed by atoms with E-state index in [2.05, 4.69) is 0 Å². The van der Waals surface area contributed by atoms with Crippen molar-refractivity contribution in [3.63, 3.8) is 0 Å². The van der Waals surface area contributed by atoms with Gasteiger partial charge in [0.05, 0.1) is 0 Å². The third-order valence-electron chi connectivity index (χ3n) is 4.33. The summed E-state index contributed by atoms with van der Waals surface area (Å²) in [7, 11) is 0. The minimum atomic E-state index is -0.0901. The van der Waals surface area contributed by atoms with Crippen LogP contribution in [0.1, 0.15) is 64.7 Å². The second-order valence-corrected chi connectivity index (χ2v) is 5.49. The average molecular weight is 224 g/mol. The van der Waals surface area contributed by atoms with E-state index >= 15 is 0 Å². The van der Waals surface area contributed by atoms with Gasteiger partial charge in [0.2, 0.25) is 0 Å². The quantitative estimate of drug-likeness (QED) is 0.669. The van der Waals surface area contributed by atoms with Crippen LogP contribution >= 0.6 is 0 Å². The molecule has 2 fully saturated rings. The van der Waals surface area contributed by atoms with Gasteiger partial charge in [-0.2, -0.15) is 0 Å². The second kappa shape index (κ2) is 5.70. The lowest BCUT2D eigenvalue weighted by molar-refractivity contribution is -0.152. The first kappa shape index (κ1) is 11.9. The Morgan fingerprint density at radius 1 is 0.938 bits per heavy atom. The highest BCUT2D eigenvalue weighted by atomic mass is 16.5. The van der Waals surface area contributed by atoms with Crippen LogP contribution in [-0.2, 0) is 9.53 Å². The van der Waals surface area contributed by atoms with E-state index in [9.17, 15) is 4.79 Å². The Bertz CT molecular complexity index is 231. The zero-order valence-corrected chi connectivity index (χ0v) is 10.4. The normalized spacial score (nSPS) is 32.3. The molecule has 2 saturated carbocycles. The minimum absolute atomic E-state index is 0.0901. The van der Waals surface area contributed by atoms with Crippen LogP contribution in [0.15, 0.2) is 0 Å². The van der Waals surface area contributed by atoms with Crippen molar-refractivity contribution in [3.8, 4) is 0 Å². The van der Waals surface area contributed by atoms with Gasteiger partial charge in [0.15, 0.2) is 0 Å². The lowest BCUT2D eigenvalue weighted by Gasteiger charge is -2.38. The standard InChI is InChI=1S/C14H24O2/c1-11(15)16-14-10-6-5-9-13(14)12-7-3-2-4-8-12/h12-14H,2-10H2,1H3/t13-,14-/m0/s1. The lowest BCUT2D eigenvalue weighted by atomic mass is 9.72. The highest BCUT2D eigenvalue weighted by Gasteiger charge is 2.34. The molecular formula is C14H24O2. The number of carbonyl (C=O) groups excluding carboxylic acids is 1. The predicted octanol–water partition coefficient (Wildman–Crippen LogP) is 3.69. The van der Waals surface area contributed by atoms with E-state index in [4.69, 9.17) is 4.74 Å². The van der Waals surface area contributed by atoms with E-state index in [0.717, 1.165) is 12.3 Å². The summed E-state index contributed by atoms with van der Waals surface area (Å²) in [5, 5.41) is 0. The molecular weight excluding hydrogens is 200 g/mol. The van der Waals surface area contributed by atoms with Gasteiger partial charge in [0, 0.05) is 6.92 Å². The van der Waals surface area contributed by atoms with Crippen LogP contribution in [0.2, 0.25) is 0 Å². The highest BCUT2D eigenvalue weighted by molar-refractivity contribution is 5.66. The minimum Gasteiger partial charge on any atom is -0.462 e. The fourth-order valence-corrected chi connectivity index (χ4v) is 3.59. The molecule has 16 heavy (non-hydrogen) atoms. The Morgan fingerprint density at radius 2 is 1.56 bits per heavy atom. The van der Waals surface area contributed by atoms with E-state index in [1.54, 1.807) is 6.92 Å². The van der Waals surface area contributed by atoms with Gasteiger partial charge in [0.25, 0.3) is 0 Å². The molecule has 0 heterocycles. The highest BCUT2D eigenvalue weighted by Crippen LogP contribution is 2.39. The summed E-state index contributed by atoms with van der Waals surface area (Å²) in [4.78, 5) is 11.1. The number of ether oxygens (including phenoxy) is 1. The molecule has 2 atom stereocenters. The molecule has 0 aromatic heterocycles. The van der Waals surface area contributed by atoms with E-state index < -0.39 is 0 Å². The number of rotatable bonds is 2. The van der Waals surface area contributed by atoms with Crippen LogP contribution in [0.3, 0.4) is 0 Å². The van der Waals surface area contributed by atoms with Crippen LogP contribution in [0.5, 0.6) is 0 Å². The molecule has 92 valence electrons. The van der Waals surface area contributed by atoms with Gasteiger partial charge in [-0.1, -0.05) is 38.5 Å². The van der Waals surface area contributed by atoms with Gasteiger partial charge in [-0.25, -0.2) is 0 Å². The Kier molecular flexibility index (Phi) is 4.25. The van der Waals surface area contributed by atoms with Crippen LogP contribution < -0.4 is 0 Å². The molecule has 2 aliphatic carbocycles. The predicted molar refractivity (Wildman–Crippen MR) is 64.1 cm³/mol. The molecule has 0 saturated heterocycles. The van der Waals surface area contributed by atoms with Gasteiger partial charge in [-0.15, -0.1) is 0 Å². The average Bonchev–Trinajstić information content (AvgIpc) is 2.30. The van der Waals surface area contributed by atoms with E-state index in [1.165, 1.54) is 51.4 Å². The number of hydrogen-bond donors (Lipinski definition) is 0. The number of hydrogen-bond acceptors (Lipinski definition) is 2. The van der Waals surface area contributed by atoms with Crippen molar-refractivity contribution in [2.75, 3.05) is 0 Å². The van der Waals surface area contributed by atoms with Gasteiger partial charge in [0.1, 0.15) is 6.10 Å². The van der Waals surface area contributed by atoms with Crippen molar-refractivity contribution in [2.45, 2.75) is 70.8 Å². The van der Waals surface area contributed by atoms with Crippen molar-refractivity contribution in [3.05, 3.63) is 0 Å². The molecule has 0 N–H and O–H groups in total. The molecule has 2 heteroatoms. The summed E-state index contributed by atoms with van der Waals surface area (Å²) < 4.78 is 5.52. The van der Waals surface area contributed by atoms with Gasteiger partial charge >= 0.3 is 5.97 Å². The fraction of sp³-hybridized carbons (Fsp3) is 0.929. The van der Waals surface area contributed by atoms with Crippen LogP contribution in [-0.4, -0.2) is 12.1 Å². The summed E-state index contributed by atoms with van der Waals surface area (Å²) in [6.45, 7) is 1.55. The van der Waals surface area contributed by atoms with Crippen molar-refractivity contribution in [1.82, 2.24) is 0 Å². The maximum atomic E-state index is 11.1. The smallest absolute Gasteiger partial charge is 0.302 e. The summed E-state index contributed by atoms with van der Waals surface area (Å²) in [5.74, 6) is 1.41. The largest absolute Gasteiger partial charge is 0.462 e. The Hall–Kier alpha value is -0.530. The molecule has 2 aliphatic rings. The van der Waals surface area contributed by atoms with Crippen LogP contribution in [0.4, 0.5) is 0 Å². The number of esters is 1. The first-order chi connectivity index (χ1) is 7.77. The zero-order chi connectivity index (χ0) is 11.4. The second-order valence-electron chi connectivity index (χ2n) is 5.49. The van der Waals surface area contributed by atoms with Gasteiger partial charge < -0.3 is 4.74 Å². The zero-order valence-electron chi connectivity index (χ0n) is 10.4. The monoisotopic (exact) mass is 224 g/mol. The fourth-order valence-electron chi connectivity index (χ4n) is 3.59. The van der Waals surface area contributed by atoms with Gasteiger partial charge in [-0.3, -0.25) is 4.79 Å². The first-order valence-electron chi connectivity index (χ1n) is 6.94. The Balaban J connectivity index is 1.94. The molecule has 0 bridgehead atoms. The Labute approximate surface area is 98.7 Å². The SMILES string of the molecule is CC(=O)O[C@H]1CCCC[C@H]1C1CCCCC1. The topological polar surface area (TPSA) is 26.3 Å². The summed E-state index contributed by atoms with van der Waals surface area (Å²) in [5.41, 5.74) is 0. The summed E-state index contributed by atoms with van der Waals surface area (Å²) in [6.07, 6.45) is 12.1. The third-order valence-corrected chi connectivity index (χ3v) is 4.33. The van der Waals surface area contributed by atoms with E-state index in [-0.39, 0.29) is 12.1 Å². The van der Waals surface area contributed by atoms with Crippen LogP contribution in [0, 0.1) is 11.8 Å². The molecule has 2 rings (SSSR count). The summed E-state index contributed by atoms with van der Waals surface area (Å²) >= 11 is 0. The molecule has 0 amide bonds. The molecule has 0 unspecified atom stereocenters. The molecule has 0 spiro atoms. The van der Waals surface area contributed by atoms with Crippen molar-refractivity contribution < 1.29 is 9.53 Å². The van der Waals surface area contributed by atoms with E-state index in [0.29, 0.717) is 5.92 Å². The third kappa shape index (κ3) is 2.99. The molecule has 2 nitrogen and oxygen atoms in total. The Morgan fingerprint density at radius 3 is 2.25 bits per heavy atom. The van der Waals surface area contributed by atoms with Gasteiger partial charge in [-0.05, 0) is 31.1 Å². The maximum Gasteiger partial charge on any atom is 0.302 e.